The van der Waals surface area contributed by atoms with E-state index in [1.807, 2.05) is 0 Å². The van der Waals surface area contributed by atoms with Gasteiger partial charge in [-0.3, -0.25) is 33.6 Å². The Morgan fingerprint density at radius 3 is 2.24 bits per heavy atom. The molecular weight excluding hydrogens is 1150 g/mol. The monoisotopic (exact) mass is 1220 g/mol. The van der Waals surface area contributed by atoms with Crippen LogP contribution in [0, 0.1) is 12.8 Å². The lowest BCUT2D eigenvalue weighted by Gasteiger charge is -2.43. The van der Waals surface area contributed by atoms with E-state index in [0.29, 0.717) is 22.3 Å². The fourth-order valence-corrected chi connectivity index (χ4v) is 10.6. The second kappa shape index (κ2) is 31.5. The van der Waals surface area contributed by atoms with Crippen molar-refractivity contribution in [2.75, 3.05) is 57.3 Å². The number of carbonyl (C=O) groups excluding carboxylic acids is 7. The smallest absolute Gasteiger partial charge is 0.271 e. The van der Waals surface area contributed by atoms with Gasteiger partial charge in [-0.2, -0.15) is 0 Å². The van der Waals surface area contributed by atoms with E-state index in [9.17, 15) is 59.1 Å². The SMILES string of the molecule is CO[C@H]1[C@@H](OC(c2c[n-]cn2)C(NC(=O)c2nc(C(CC(N)=O)NC[C@H](N)C(N)=O)nc(N)c2C)C(=O)NC(C)C(O)[C@H](C)C(=O)NC(C(=O)NCCc2nc(-c3nc(C(=O)NCCC[S+](C)C)cs3)cs2)[C@@H](C)O)O[C@H](CO)[C@H](O)[C@H]1O. The number of aliphatic hydroxyl groups is 5. The quantitative estimate of drug-likeness (QED) is 0.0160. The highest BCUT2D eigenvalue weighted by atomic mass is 32.2. The normalized spacial score (nSPS) is 20.4. The number of nitrogens with one attached hydrogen (secondary N) is 6. The second-order valence-electron chi connectivity index (χ2n) is 19.8. The summed E-state index contributed by atoms with van der Waals surface area (Å²) >= 11 is 2.58. The summed E-state index contributed by atoms with van der Waals surface area (Å²) in [4.78, 5) is 119. The summed E-state index contributed by atoms with van der Waals surface area (Å²) in [6.07, 6.45) is -5.84. The summed E-state index contributed by atoms with van der Waals surface area (Å²) in [7, 11) is 1.43. The number of thiazole rings is 2. The number of aliphatic hydroxyl groups excluding tert-OH is 5. The molecule has 0 saturated carbocycles. The molecule has 14 atom stereocenters. The van der Waals surface area contributed by atoms with Crippen molar-refractivity contribution < 1.29 is 73.3 Å². The lowest BCUT2D eigenvalue weighted by atomic mass is 9.96. The number of carbonyl (C=O) groups is 7. The molecule has 34 heteroatoms. The maximum absolute atomic E-state index is 14.8. The molecule has 0 spiro atoms. The lowest BCUT2D eigenvalue weighted by molar-refractivity contribution is -0.318. The van der Waals surface area contributed by atoms with E-state index in [0.717, 1.165) is 31.8 Å². The van der Waals surface area contributed by atoms with E-state index in [4.69, 9.17) is 37.1 Å². The maximum Gasteiger partial charge on any atom is 0.271 e. The van der Waals surface area contributed by atoms with Crippen LogP contribution >= 0.6 is 22.7 Å². The topological polar surface area (TPSA) is 503 Å². The first-order valence-electron chi connectivity index (χ1n) is 26.0. The Morgan fingerprint density at radius 2 is 1.61 bits per heavy atom. The van der Waals surface area contributed by atoms with Crippen molar-refractivity contribution in [1.82, 2.24) is 61.8 Å². The van der Waals surface area contributed by atoms with E-state index in [1.54, 1.807) is 10.8 Å². The highest BCUT2D eigenvalue weighted by molar-refractivity contribution is 7.95. The van der Waals surface area contributed by atoms with Gasteiger partial charge in [0.15, 0.2) is 6.29 Å². The van der Waals surface area contributed by atoms with Gasteiger partial charge in [-0.25, -0.2) is 19.9 Å². The predicted molar refractivity (Wildman–Crippen MR) is 301 cm³/mol. The number of imidazole rings is 1. The molecule has 0 radical (unpaired) electrons. The fourth-order valence-electron chi connectivity index (χ4n) is 8.27. The Morgan fingerprint density at radius 1 is 0.892 bits per heavy atom. The van der Waals surface area contributed by atoms with Gasteiger partial charge in [-0.1, -0.05) is 19.4 Å². The van der Waals surface area contributed by atoms with Gasteiger partial charge in [0.25, 0.3) is 11.8 Å². The van der Waals surface area contributed by atoms with Crippen LogP contribution in [-0.4, -0.2) is 210 Å². The number of nitrogens with zero attached hydrogens (tertiary/aromatic N) is 6. The van der Waals surface area contributed by atoms with Crippen LogP contribution in [0.2, 0.25) is 0 Å². The molecule has 83 heavy (non-hydrogen) atoms. The van der Waals surface area contributed by atoms with Gasteiger partial charge >= 0.3 is 0 Å². The molecule has 1 aliphatic rings. The number of rotatable bonds is 32. The van der Waals surface area contributed by atoms with Crippen LogP contribution in [0.15, 0.2) is 23.3 Å². The third-order valence-electron chi connectivity index (χ3n) is 13.1. The molecule has 4 aromatic rings. The van der Waals surface area contributed by atoms with Gasteiger partial charge in [0, 0.05) is 62.3 Å². The van der Waals surface area contributed by atoms with Gasteiger partial charge in [-0.15, -0.1) is 22.7 Å². The zero-order valence-electron chi connectivity index (χ0n) is 46.6. The molecule has 0 bridgehead atoms. The maximum atomic E-state index is 14.8. The van der Waals surface area contributed by atoms with Crippen molar-refractivity contribution in [1.29, 1.82) is 0 Å². The van der Waals surface area contributed by atoms with Gasteiger partial charge in [-0.05, 0) is 37.4 Å². The van der Waals surface area contributed by atoms with Crippen molar-refractivity contribution in [3.05, 3.63) is 56.8 Å². The first kappa shape index (κ1) is 67.4. The van der Waals surface area contributed by atoms with E-state index in [2.05, 4.69) is 74.3 Å². The van der Waals surface area contributed by atoms with E-state index in [1.165, 1.54) is 50.4 Å². The zero-order valence-corrected chi connectivity index (χ0v) is 49.0. The first-order chi connectivity index (χ1) is 39.3. The molecule has 19 N–H and O–H groups in total. The molecule has 1 fully saturated rings. The van der Waals surface area contributed by atoms with Crippen LogP contribution in [0.3, 0.4) is 0 Å². The largest absolute Gasteiger partial charge is 0.449 e. The van der Waals surface area contributed by atoms with Crippen molar-refractivity contribution in [3.63, 3.8) is 0 Å². The van der Waals surface area contributed by atoms with Crippen LogP contribution in [0.25, 0.3) is 10.7 Å². The Kier molecular flexibility index (Phi) is 25.6. The zero-order chi connectivity index (χ0) is 61.4. The molecule has 0 aliphatic carbocycles. The predicted octanol–water partition coefficient (Wildman–Crippen LogP) is -5.35. The summed E-state index contributed by atoms with van der Waals surface area (Å²) < 4.78 is 17.5. The minimum atomic E-state index is -1.97. The van der Waals surface area contributed by atoms with E-state index in [-0.39, 0.29) is 64.9 Å². The number of methoxy groups -OCH3 is 1. The third kappa shape index (κ3) is 18.5. The number of primary amides is 2. The number of hydrogen-bond donors (Lipinski definition) is 15. The summed E-state index contributed by atoms with van der Waals surface area (Å²) in [5, 5.41) is 74.5. The van der Waals surface area contributed by atoms with Gasteiger partial charge in [0.05, 0.1) is 60.4 Å². The average molecular weight is 1220 g/mol. The highest BCUT2D eigenvalue weighted by Gasteiger charge is 2.48. The number of hydrogen-bond acceptors (Lipinski definition) is 25. The fraction of sp³-hybridized carbons (Fsp3) is 0.592. The lowest BCUT2D eigenvalue weighted by Crippen LogP contribution is -2.61. The average Bonchev–Trinajstić information content (AvgIpc) is 4.38. The second-order valence-corrected chi connectivity index (χ2v) is 23.9. The van der Waals surface area contributed by atoms with E-state index >= 15 is 0 Å². The Hall–Kier alpha value is -6.41. The summed E-state index contributed by atoms with van der Waals surface area (Å²) in [6.45, 7) is 4.74. The van der Waals surface area contributed by atoms with Crippen molar-refractivity contribution in [2.45, 2.75) is 126 Å². The van der Waals surface area contributed by atoms with Gasteiger partial charge < -0.3 is 105 Å². The van der Waals surface area contributed by atoms with Crippen LogP contribution < -0.4 is 59.8 Å². The first-order valence-corrected chi connectivity index (χ1v) is 29.9. The molecule has 1 saturated heterocycles. The number of anilines is 1. The van der Waals surface area contributed by atoms with Gasteiger partial charge in [0.2, 0.25) is 29.5 Å². The summed E-state index contributed by atoms with van der Waals surface area (Å²) in [5.41, 5.74) is 23.1. The van der Waals surface area contributed by atoms with Gasteiger partial charge in [0.1, 0.15) is 82.1 Å². The number of aromatic nitrogens is 6. The highest BCUT2D eigenvalue weighted by Crippen LogP contribution is 2.31. The van der Waals surface area contributed by atoms with Crippen LogP contribution in [-0.2, 0) is 55.5 Å². The van der Waals surface area contributed by atoms with E-state index < -0.39 is 139 Å². The molecule has 0 aromatic carbocycles. The Bertz CT molecular complexity index is 2830. The standard InChI is InChI=1S/C49H74N16O15S3/c1-20-32(62-42(65-40(20)52)25(13-30(51)68)57-14-24(50)41(53)72)46(76)64-34(38(26-15-54-19-58-26)80-49-39(78-5)37(71)36(70)29(16-66)79-49)47(77)59-22(3)35(69)21(2)43(73)63-33(23(4)67)45(75)56-11-9-31-60-28(18-81-31)48-61-27(17-82-48)44(74)55-10-8-12-83(6)7/h15,17-19,21-25,29,33-39,49,57,66-67,69-71H,8-14,16,50H2,1-7H3,(H11-,51,52,53,54,55,56,58,59,62,63,64,65,68,72,73,74,75,76,77)/t21-,22?,23+,24-,25?,29+,33?,34?,35?,36-,37+,38?,39+,49+/m0/s1. The molecule has 1 aliphatic heterocycles. The summed E-state index contributed by atoms with van der Waals surface area (Å²) in [6, 6.07) is -7.27. The minimum Gasteiger partial charge on any atom is -0.449 e. The Balaban J connectivity index is 1.33. The molecule has 7 amide bonds. The van der Waals surface area contributed by atoms with Crippen LogP contribution in [0.1, 0.15) is 88.8 Å². The van der Waals surface area contributed by atoms with Crippen molar-refractivity contribution in [2.24, 2.45) is 23.1 Å². The number of ether oxygens (including phenoxy) is 3. The number of nitrogens with two attached hydrogens (primary N) is 4. The molecule has 458 valence electrons. The third-order valence-corrected chi connectivity index (χ3v) is 16.0. The van der Waals surface area contributed by atoms with Crippen LogP contribution in [0.5, 0.6) is 0 Å². The molecule has 31 nitrogen and oxygen atoms in total. The Labute approximate surface area is 488 Å². The molecular formula is C49H74N16O15S3. The summed E-state index contributed by atoms with van der Waals surface area (Å²) in [5.74, 6) is -6.87. The molecule has 5 heterocycles. The molecule has 6 unspecified atom stereocenters. The molecule has 4 aromatic heterocycles. The minimum absolute atomic E-state index is 0.0281. The van der Waals surface area contributed by atoms with Crippen LogP contribution in [0.4, 0.5) is 5.82 Å². The molecule has 5 rings (SSSR count). The number of nitrogen functional groups attached to an aromatic ring is 1. The van der Waals surface area contributed by atoms with Crippen molar-refractivity contribution >= 4 is 80.7 Å². The number of amides is 7. The van der Waals surface area contributed by atoms with Crippen molar-refractivity contribution in [3.8, 4) is 10.7 Å².